The summed E-state index contributed by atoms with van der Waals surface area (Å²) in [6, 6.07) is 0. The lowest BCUT2D eigenvalue weighted by Gasteiger charge is -2.45. The van der Waals surface area contributed by atoms with Crippen molar-refractivity contribution in [3.8, 4) is 24.2 Å². The van der Waals surface area contributed by atoms with E-state index in [-0.39, 0.29) is 21.7 Å². The second-order valence-electron chi connectivity index (χ2n) is 24.4. The van der Waals surface area contributed by atoms with Gasteiger partial charge in [-0.2, -0.15) is 0 Å². The highest BCUT2D eigenvalue weighted by Gasteiger charge is 2.43. The van der Waals surface area contributed by atoms with Gasteiger partial charge >= 0.3 is 0 Å². The van der Waals surface area contributed by atoms with Crippen LogP contribution in [0.25, 0.3) is 0 Å². The van der Waals surface area contributed by atoms with E-state index < -0.39 is 18.3 Å². The Morgan fingerprint density at radius 3 is 1.16 bits per heavy atom. The van der Waals surface area contributed by atoms with E-state index in [4.69, 9.17) is 6.42 Å². The second-order valence-corrected chi connectivity index (χ2v) is 24.4. The first-order chi connectivity index (χ1) is 30.4. The molecule has 0 aromatic rings. The fourth-order valence-corrected chi connectivity index (χ4v) is 12.1. The number of terminal acetylenes is 1. The molecule has 0 aliphatic heterocycles. The van der Waals surface area contributed by atoms with Gasteiger partial charge in [-0.25, -0.2) is 0 Å². The van der Waals surface area contributed by atoms with Crippen molar-refractivity contribution in [3.05, 3.63) is 0 Å². The number of hydrogen-bond acceptors (Lipinski definition) is 4. The van der Waals surface area contributed by atoms with Gasteiger partial charge in [-0.15, -0.1) is 6.42 Å². The molecule has 3 atom stereocenters. The normalized spacial score (nSPS) is 30.1. The van der Waals surface area contributed by atoms with E-state index in [0.717, 1.165) is 80.3 Å². The highest BCUT2D eigenvalue weighted by molar-refractivity contribution is 5.56. The van der Waals surface area contributed by atoms with Gasteiger partial charge in [0.1, 0.15) is 24.6 Å². The molecule has 0 saturated heterocycles. The number of hydrogen-bond donors (Lipinski definition) is 3. The third-order valence-corrected chi connectivity index (χ3v) is 17.0. The minimum absolute atomic E-state index is 0.0256. The molecule has 3 unspecified atom stereocenters. The Balaban J connectivity index is 0.000000396. The first-order valence-corrected chi connectivity index (χ1v) is 27.9. The Morgan fingerprint density at radius 2 is 0.844 bits per heavy atom. The maximum absolute atomic E-state index is 11.2. The third kappa shape index (κ3) is 21.3. The SMILES string of the molecule is C#CC(O)C1(CCCCC)CCC(C2CCC(CCCCC)CC2)CC1.CC(C)(C)C=O.CCCCCC1CCC(C2CCC(CCCCC)(C(O)C#CC(O)C(C)(C)C)CC2)CC1. The smallest absolute Gasteiger partial charge is 0.125 e. The van der Waals surface area contributed by atoms with E-state index in [1.54, 1.807) is 0 Å². The largest absolute Gasteiger partial charge is 0.380 e. The Morgan fingerprint density at radius 1 is 0.516 bits per heavy atom. The van der Waals surface area contributed by atoms with Crippen LogP contribution in [0.1, 0.15) is 275 Å². The summed E-state index contributed by atoms with van der Waals surface area (Å²) < 4.78 is 0. The molecular formula is C60H108O4. The Kier molecular flexibility index (Phi) is 28.4. The van der Waals surface area contributed by atoms with Crippen molar-refractivity contribution in [1.82, 2.24) is 0 Å². The molecule has 64 heavy (non-hydrogen) atoms. The molecule has 0 radical (unpaired) electrons. The summed E-state index contributed by atoms with van der Waals surface area (Å²) in [6.45, 7) is 20.7. The van der Waals surface area contributed by atoms with Crippen molar-refractivity contribution in [2.45, 2.75) is 293 Å². The van der Waals surface area contributed by atoms with Crippen molar-refractivity contribution in [3.63, 3.8) is 0 Å². The average Bonchev–Trinajstić information content (AvgIpc) is 3.29. The molecule has 0 heterocycles. The van der Waals surface area contributed by atoms with Crippen molar-refractivity contribution in [1.29, 1.82) is 0 Å². The Labute approximate surface area is 399 Å². The fraction of sp³-hybridized carbons (Fsp3) is 0.917. The highest BCUT2D eigenvalue weighted by atomic mass is 16.3. The van der Waals surface area contributed by atoms with E-state index in [1.807, 2.05) is 41.5 Å². The Bertz CT molecular complexity index is 1290. The maximum Gasteiger partial charge on any atom is 0.125 e. The predicted octanol–water partition coefficient (Wildman–Crippen LogP) is 16.3. The second kappa shape index (κ2) is 30.9. The minimum atomic E-state index is -0.686. The van der Waals surface area contributed by atoms with Gasteiger partial charge in [0, 0.05) is 16.2 Å². The molecule has 0 aromatic carbocycles. The predicted molar refractivity (Wildman–Crippen MR) is 276 cm³/mol. The minimum Gasteiger partial charge on any atom is -0.380 e. The van der Waals surface area contributed by atoms with Crippen molar-refractivity contribution >= 4 is 6.29 Å². The molecule has 4 aliphatic carbocycles. The van der Waals surface area contributed by atoms with Crippen LogP contribution in [0, 0.1) is 81.4 Å². The van der Waals surface area contributed by atoms with Gasteiger partial charge in [-0.05, 0) is 131 Å². The van der Waals surface area contributed by atoms with Crippen molar-refractivity contribution in [2.75, 3.05) is 0 Å². The number of aldehydes is 1. The molecular weight excluding hydrogens is 785 g/mol. The van der Waals surface area contributed by atoms with Crippen LogP contribution in [0.5, 0.6) is 0 Å². The van der Waals surface area contributed by atoms with Gasteiger partial charge < -0.3 is 20.1 Å². The zero-order valence-electron chi connectivity index (χ0n) is 44.2. The van der Waals surface area contributed by atoms with E-state index in [9.17, 15) is 20.1 Å². The molecule has 4 nitrogen and oxygen atoms in total. The zero-order valence-corrected chi connectivity index (χ0v) is 44.2. The topological polar surface area (TPSA) is 77.8 Å². The van der Waals surface area contributed by atoms with Crippen LogP contribution < -0.4 is 0 Å². The summed E-state index contributed by atoms with van der Waals surface area (Å²) in [5, 5.41) is 32.1. The van der Waals surface area contributed by atoms with Gasteiger partial charge in [-0.1, -0.05) is 203 Å². The first-order valence-electron chi connectivity index (χ1n) is 27.9. The molecule has 4 rings (SSSR count). The maximum atomic E-state index is 11.2. The third-order valence-electron chi connectivity index (χ3n) is 17.0. The summed E-state index contributed by atoms with van der Waals surface area (Å²) in [6.07, 6.45) is 46.9. The first kappa shape index (κ1) is 58.8. The average molecular weight is 894 g/mol. The lowest BCUT2D eigenvalue weighted by atomic mass is 9.61. The summed E-state index contributed by atoms with van der Waals surface area (Å²) in [5.41, 5.74) is -0.444. The van der Waals surface area contributed by atoms with Crippen LogP contribution in [-0.2, 0) is 4.79 Å². The number of aliphatic hydroxyl groups excluding tert-OH is 3. The van der Waals surface area contributed by atoms with E-state index in [2.05, 4.69) is 45.5 Å². The van der Waals surface area contributed by atoms with Crippen LogP contribution in [0.3, 0.4) is 0 Å². The molecule has 0 amide bonds. The molecule has 4 saturated carbocycles. The van der Waals surface area contributed by atoms with Crippen LogP contribution in [-0.4, -0.2) is 39.9 Å². The van der Waals surface area contributed by atoms with Gasteiger partial charge in [0.15, 0.2) is 0 Å². The standard InChI is InChI=1S/C30H54O2.C25H44O.C5H10O/c1-6-8-10-12-24-13-15-25(16-14-24)26-19-22-30(23-20-26,21-11-9-7-2)28(32)18-17-27(31)29(3,4)5;1-4-7-9-11-21-12-14-22(15-13-21)23-16-19-25(20-17-23,24(26)6-3)18-10-8-5-2;1-5(2,3)4-6/h24-28,31-32H,6-16,19-23H2,1-5H3;3,21-24,26H,4-5,7-20H2,1-2H3;4H,1-3H3. The lowest BCUT2D eigenvalue weighted by molar-refractivity contribution is -0.113. The monoisotopic (exact) mass is 893 g/mol. The molecule has 0 bridgehead atoms. The van der Waals surface area contributed by atoms with Crippen molar-refractivity contribution < 1.29 is 20.1 Å². The van der Waals surface area contributed by atoms with E-state index in [1.165, 1.54) is 167 Å². The Hall–Kier alpha value is -1.33. The summed E-state index contributed by atoms with van der Waals surface area (Å²) >= 11 is 0. The quantitative estimate of drug-likeness (QED) is 0.0646. The highest BCUT2D eigenvalue weighted by Crippen LogP contribution is 2.51. The fourth-order valence-electron chi connectivity index (χ4n) is 12.1. The summed E-state index contributed by atoms with van der Waals surface area (Å²) in [4.78, 5) is 9.83. The molecule has 372 valence electrons. The van der Waals surface area contributed by atoms with Gasteiger partial charge in [0.25, 0.3) is 0 Å². The molecule has 0 spiro atoms. The van der Waals surface area contributed by atoms with E-state index >= 15 is 0 Å². The molecule has 0 aromatic heterocycles. The summed E-state index contributed by atoms with van der Waals surface area (Å²) in [7, 11) is 0. The molecule has 4 fully saturated rings. The van der Waals surface area contributed by atoms with Crippen molar-refractivity contribution in [2.24, 2.45) is 57.2 Å². The van der Waals surface area contributed by atoms with Crippen LogP contribution in [0.15, 0.2) is 0 Å². The molecule has 4 aliphatic rings. The molecule has 3 N–H and O–H groups in total. The zero-order chi connectivity index (χ0) is 47.7. The number of carbonyl (C=O) groups is 1. The molecule has 4 heteroatoms. The van der Waals surface area contributed by atoms with E-state index in [0.29, 0.717) is 0 Å². The van der Waals surface area contributed by atoms with Crippen LogP contribution in [0.4, 0.5) is 0 Å². The number of aliphatic hydroxyl groups is 3. The number of unbranched alkanes of at least 4 members (excludes halogenated alkanes) is 8. The van der Waals surface area contributed by atoms with Crippen LogP contribution in [0.2, 0.25) is 0 Å². The van der Waals surface area contributed by atoms with Gasteiger partial charge in [0.2, 0.25) is 0 Å². The van der Waals surface area contributed by atoms with Crippen LogP contribution >= 0.6 is 0 Å². The lowest BCUT2D eigenvalue weighted by Crippen LogP contribution is -2.40. The summed E-state index contributed by atoms with van der Waals surface area (Å²) in [5.74, 6) is 14.4. The van der Waals surface area contributed by atoms with Gasteiger partial charge in [-0.3, -0.25) is 0 Å². The number of rotatable bonds is 20. The van der Waals surface area contributed by atoms with Gasteiger partial charge in [0.05, 0.1) is 0 Å². The number of carbonyl (C=O) groups excluding carboxylic acids is 1.